The molecule has 1 heterocycles. The van der Waals surface area contributed by atoms with E-state index >= 15 is 0 Å². The van der Waals surface area contributed by atoms with Crippen molar-refractivity contribution in [2.75, 3.05) is 13.2 Å². The summed E-state index contributed by atoms with van der Waals surface area (Å²) in [7, 11) is 0. The summed E-state index contributed by atoms with van der Waals surface area (Å²) < 4.78 is 35.4. The highest BCUT2D eigenvalue weighted by molar-refractivity contribution is 5.36. The molecule has 1 aliphatic heterocycles. The molecule has 2 unspecified atom stereocenters. The van der Waals surface area contributed by atoms with Crippen LogP contribution in [0.2, 0.25) is 0 Å². The lowest BCUT2D eigenvalue weighted by Crippen LogP contribution is -2.20. The zero-order valence-electron chi connectivity index (χ0n) is 12.9. The molecule has 3 rings (SSSR count). The minimum absolute atomic E-state index is 0.0541. The summed E-state index contributed by atoms with van der Waals surface area (Å²) in [5, 5.41) is 0. The quantitative estimate of drug-likeness (QED) is 0.802. The van der Waals surface area contributed by atoms with Crippen LogP contribution in [0, 0.1) is 5.82 Å². The maximum atomic E-state index is 12.9. The van der Waals surface area contributed by atoms with Crippen molar-refractivity contribution in [2.45, 2.75) is 25.7 Å². The Kier molecular flexibility index (Phi) is 5.10. The van der Waals surface area contributed by atoms with Gasteiger partial charge in [0.15, 0.2) is 6.29 Å². The Morgan fingerprint density at radius 1 is 1.09 bits per heavy atom. The normalized spacial score (nSPS) is 20.4. The van der Waals surface area contributed by atoms with E-state index in [1.807, 2.05) is 25.1 Å². The van der Waals surface area contributed by atoms with E-state index in [9.17, 15) is 4.39 Å². The molecule has 1 fully saturated rings. The molecule has 0 radical (unpaired) electrons. The molecule has 0 amide bonds. The molecule has 4 nitrogen and oxygen atoms in total. The third-order valence-corrected chi connectivity index (χ3v) is 3.44. The van der Waals surface area contributed by atoms with E-state index in [-0.39, 0.29) is 18.2 Å². The fraction of sp³-hybridized carbons (Fsp3) is 0.333. The lowest BCUT2D eigenvalue weighted by Gasteiger charge is -2.12. The van der Waals surface area contributed by atoms with Crippen LogP contribution in [0.4, 0.5) is 4.39 Å². The molecule has 0 spiro atoms. The highest BCUT2D eigenvalue weighted by Crippen LogP contribution is 2.26. The van der Waals surface area contributed by atoms with Gasteiger partial charge < -0.3 is 18.9 Å². The Balaban J connectivity index is 1.56. The second-order valence-electron chi connectivity index (χ2n) is 5.27. The SMILES string of the molecule is CCC1OCC(COc2cccc(Oc3ccc(F)cc3)c2)O1. The largest absolute Gasteiger partial charge is 0.491 e. The van der Waals surface area contributed by atoms with E-state index in [1.165, 1.54) is 12.1 Å². The van der Waals surface area contributed by atoms with Crippen LogP contribution < -0.4 is 9.47 Å². The summed E-state index contributed by atoms with van der Waals surface area (Å²) in [5.41, 5.74) is 0. The van der Waals surface area contributed by atoms with E-state index in [1.54, 1.807) is 18.2 Å². The molecule has 2 atom stereocenters. The third kappa shape index (κ3) is 4.43. The van der Waals surface area contributed by atoms with Crippen molar-refractivity contribution in [1.82, 2.24) is 0 Å². The summed E-state index contributed by atoms with van der Waals surface area (Å²) in [6.07, 6.45) is 0.649. The summed E-state index contributed by atoms with van der Waals surface area (Å²) in [6, 6.07) is 13.2. The van der Waals surface area contributed by atoms with Crippen LogP contribution in [0.5, 0.6) is 17.2 Å². The van der Waals surface area contributed by atoms with Crippen molar-refractivity contribution in [1.29, 1.82) is 0 Å². The van der Waals surface area contributed by atoms with Gasteiger partial charge >= 0.3 is 0 Å². The number of hydrogen-bond donors (Lipinski definition) is 0. The monoisotopic (exact) mass is 318 g/mol. The van der Waals surface area contributed by atoms with Crippen molar-refractivity contribution in [3.05, 3.63) is 54.3 Å². The molecule has 23 heavy (non-hydrogen) atoms. The molecular weight excluding hydrogens is 299 g/mol. The van der Waals surface area contributed by atoms with Gasteiger partial charge in [0.2, 0.25) is 0 Å². The van der Waals surface area contributed by atoms with Crippen LogP contribution in [0.25, 0.3) is 0 Å². The predicted octanol–water partition coefficient (Wildman–Crippen LogP) is 4.15. The molecular formula is C18H19FO4. The lowest BCUT2D eigenvalue weighted by atomic mass is 10.3. The van der Waals surface area contributed by atoms with Crippen LogP contribution >= 0.6 is 0 Å². The number of rotatable bonds is 6. The molecule has 5 heteroatoms. The highest BCUT2D eigenvalue weighted by atomic mass is 19.1. The first-order valence-corrected chi connectivity index (χ1v) is 7.66. The molecule has 1 saturated heterocycles. The van der Waals surface area contributed by atoms with Crippen molar-refractivity contribution in [3.8, 4) is 17.2 Å². The fourth-order valence-electron chi connectivity index (χ4n) is 2.26. The van der Waals surface area contributed by atoms with Gasteiger partial charge in [-0.2, -0.15) is 0 Å². The highest BCUT2D eigenvalue weighted by Gasteiger charge is 2.24. The van der Waals surface area contributed by atoms with Gasteiger partial charge in [0.05, 0.1) is 6.61 Å². The minimum Gasteiger partial charge on any atom is -0.491 e. The van der Waals surface area contributed by atoms with Crippen LogP contribution in [-0.2, 0) is 9.47 Å². The van der Waals surface area contributed by atoms with E-state index in [2.05, 4.69) is 0 Å². The lowest BCUT2D eigenvalue weighted by molar-refractivity contribution is -0.0642. The molecule has 2 aromatic carbocycles. The van der Waals surface area contributed by atoms with Crippen molar-refractivity contribution in [3.63, 3.8) is 0 Å². The molecule has 0 saturated carbocycles. The Labute approximate surface area is 134 Å². The average molecular weight is 318 g/mol. The van der Waals surface area contributed by atoms with E-state index in [0.717, 1.165) is 6.42 Å². The van der Waals surface area contributed by atoms with Gasteiger partial charge in [-0.25, -0.2) is 4.39 Å². The minimum atomic E-state index is -0.293. The first kappa shape index (κ1) is 15.8. The standard InChI is InChI=1S/C18H19FO4/c1-2-18-21-12-17(23-18)11-20-15-4-3-5-16(10-15)22-14-8-6-13(19)7-9-14/h3-10,17-18H,2,11-12H2,1H3. The summed E-state index contributed by atoms with van der Waals surface area (Å²) >= 11 is 0. The topological polar surface area (TPSA) is 36.9 Å². The van der Waals surface area contributed by atoms with Gasteiger partial charge in [-0.1, -0.05) is 13.0 Å². The Bertz CT molecular complexity index is 629. The second-order valence-corrected chi connectivity index (χ2v) is 5.27. The second kappa shape index (κ2) is 7.44. The van der Waals surface area contributed by atoms with Crippen LogP contribution in [0.3, 0.4) is 0 Å². The van der Waals surface area contributed by atoms with E-state index in [0.29, 0.717) is 30.5 Å². The molecule has 0 aliphatic carbocycles. The van der Waals surface area contributed by atoms with Crippen LogP contribution in [-0.4, -0.2) is 25.6 Å². The molecule has 0 N–H and O–H groups in total. The summed E-state index contributed by atoms with van der Waals surface area (Å²) in [5.74, 6) is 1.60. The maximum absolute atomic E-state index is 12.9. The molecule has 0 aromatic heterocycles. The molecule has 2 aromatic rings. The number of benzene rings is 2. The Hall–Kier alpha value is -2.11. The molecule has 0 bridgehead atoms. The van der Waals surface area contributed by atoms with Crippen LogP contribution in [0.1, 0.15) is 13.3 Å². The van der Waals surface area contributed by atoms with Crippen molar-refractivity contribution < 1.29 is 23.3 Å². The fourth-order valence-corrected chi connectivity index (χ4v) is 2.26. The number of ether oxygens (including phenoxy) is 4. The van der Waals surface area contributed by atoms with Gasteiger partial charge in [-0.15, -0.1) is 0 Å². The average Bonchev–Trinajstić information content (AvgIpc) is 3.04. The Morgan fingerprint density at radius 3 is 2.61 bits per heavy atom. The van der Waals surface area contributed by atoms with Crippen molar-refractivity contribution >= 4 is 0 Å². The smallest absolute Gasteiger partial charge is 0.158 e. The van der Waals surface area contributed by atoms with Gasteiger partial charge in [0, 0.05) is 6.07 Å². The van der Waals surface area contributed by atoms with E-state index in [4.69, 9.17) is 18.9 Å². The zero-order chi connectivity index (χ0) is 16.1. The van der Waals surface area contributed by atoms with E-state index < -0.39 is 0 Å². The van der Waals surface area contributed by atoms with Crippen LogP contribution in [0.15, 0.2) is 48.5 Å². The van der Waals surface area contributed by atoms with Gasteiger partial charge in [-0.3, -0.25) is 0 Å². The Morgan fingerprint density at radius 2 is 1.87 bits per heavy atom. The number of halogens is 1. The maximum Gasteiger partial charge on any atom is 0.158 e. The zero-order valence-corrected chi connectivity index (χ0v) is 12.9. The summed E-state index contributed by atoms with van der Waals surface area (Å²) in [4.78, 5) is 0. The molecule has 1 aliphatic rings. The predicted molar refractivity (Wildman–Crippen MR) is 83.3 cm³/mol. The first-order valence-electron chi connectivity index (χ1n) is 7.66. The van der Waals surface area contributed by atoms with Gasteiger partial charge in [-0.05, 0) is 42.8 Å². The number of hydrogen-bond acceptors (Lipinski definition) is 4. The van der Waals surface area contributed by atoms with Gasteiger partial charge in [0.1, 0.15) is 35.8 Å². The first-order chi connectivity index (χ1) is 11.2. The van der Waals surface area contributed by atoms with Crippen molar-refractivity contribution in [2.24, 2.45) is 0 Å². The summed E-state index contributed by atoms with van der Waals surface area (Å²) in [6.45, 7) is 2.99. The third-order valence-electron chi connectivity index (χ3n) is 3.44. The van der Waals surface area contributed by atoms with Gasteiger partial charge in [0.25, 0.3) is 0 Å². The molecule has 122 valence electrons.